The highest BCUT2D eigenvalue weighted by Gasteiger charge is 2.30. The third-order valence-electron chi connectivity index (χ3n) is 3.25. The molecule has 0 atom stereocenters. The number of hydrogen-bond acceptors (Lipinski definition) is 2. The summed E-state index contributed by atoms with van der Waals surface area (Å²) in [4.78, 5) is 14.3. The maximum atomic E-state index is 11.8. The molecule has 3 nitrogen and oxygen atoms in total. The van der Waals surface area contributed by atoms with Gasteiger partial charge in [0, 0.05) is 17.5 Å². The molecule has 0 aromatic carbocycles. The summed E-state index contributed by atoms with van der Waals surface area (Å²) >= 11 is 0. The molecule has 1 aliphatic rings. The molecule has 1 saturated heterocycles. The van der Waals surface area contributed by atoms with E-state index in [1.165, 1.54) is 0 Å². The van der Waals surface area contributed by atoms with Crippen molar-refractivity contribution in [2.45, 2.75) is 59.0 Å². The molecule has 0 bridgehead atoms. The molecular formula is C13H26N2O. The van der Waals surface area contributed by atoms with Gasteiger partial charge in [0.15, 0.2) is 0 Å². The van der Waals surface area contributed by atoms with Crippen LogP contribution in [0.3, 0.4) is 0 Å². The first-order chi connectivity index (χ1) is 7.30. The molecule has 1 heterocycles. The third kappa shape index (κ3) is 3.78. The highest BCUT2D eigenvalue weighted by atomic mass is 16.1. The molecule has 16 heavy (non-hydrogen) atoms. The van der Waals surface area contributed by atoms with Gasteiger partial charge in [0.2, 0.25) is 5.91 Å². The van der Waals surface area contributed by atoms with E-state index in [4.69, 9.17) is 0 Å². The van der Waals surface area contributed by atoms with Crippen molar-refractivity contribution in [3.8, 4) is 0 Å². The van der Waals surface area contributed by atoms with Crippen LogP contribution in [0.25, 0.3) is 0 Å². The SMILES string of the molecule is CC(C)NC(=O)C1CCN(C(C)(C)C)CC1. The van der Waals surface area contributed by atoms with E-state index >= 15 is 0 Å². The number of nitrogens with one attached hydrogen (secondary N) is 1. The Bertz CT molecular complexity index is 235. The van der Waals surface area contributed by atoms with Gasteiger partial charge in [-0.2, -0.15) is 0 Å². The average Bonchev–Trinajstić information content (AvgIpc) is 2.15. The Morgan fingerprint density at radius 3 is 2.12 bits per heavy atom. The Kier molecular flexibility index (Phi) is 4.36. The third-order valence-corrected chi connectivity index (χ3v) is 3.25. The van der Waals surface area contributed by atoms with Crippen LogP contribution in [0.5, 0.6) is 0 Å². The minimum Gasteiger partial charge on any atom is -0.354 e. The standard InChI is InChI=1S/C13H26N2O/c1-10(2)14-12(16)11-6-8-15(9-7-11)13(3,4)5/h10-11H,6-9H2,1-5H3,(H,14,16). The zero-order valence-electron chi connectivity index (χ0n) is 11.3. The Morgan fingerprint density at radius 2 is 1.75 bits per heavy atom. The van der Waals surface area contributed by atoms with E-state index in [-0.39, 0.29) is 23.4 Å². The summed E-state index contributed by atoms with van der Waals surface area (Å²) < 4.78 is 0. The highest BCUT2D eigenvalue weighted by molar-refractivity contribution is 5.78. The molecule has 3 heteroatoms. The lowest BCUT2D eigenvalue weighted by molar-refractivity contribution is -0.127. The molecule has 0 unspecified atom stereocenters. The normalized spacial score (nSPS) is 20.1. The second kappa shape index (κ2) is 5.17. The number of carbonyl (C=O) groups is 1. The lowest BCUT2D eigenvalue weighted by atomic mass is 9.92. The first-order valence-electron chi connectivity index (χ1n) is 6.36. The van der Waals surface area contributed by atoms with Crippen molar-refractivity contribution < 1.29 is 4.79 Å². The van der Waals surface area contributed by atoms with Crippen molar-refractivity contribution in [2.75, 3.05) is 13.1 Å². The monoisotopic (exact) mass is 226 g/mol. The van der Waals surface area contributed by atoms with Gasteiger partial charge in [-0.1, -0.05) is 0 Å². The number of likely N-dealkylation sites (tertiary alicyclic amines) is 1. The van der Waals surface area contributed by atoms with Crippen molar-refractivity contribution >= 4 is 5.91 Å². The summed E-state index contributed by atoms with van der Waals surface area (Å²) in [5.41, 5.74) is 0.236. The van der Waals surface area contributed by atoms with Gasteiger partial charge >= 0.3 is 0 Å². The Hall–Kier alpha value is -0.570. The van der Waals surface area contributed by atoms with E-state index in [2.05, 4.69) is 31.0 Å². The molecule has 1 rings (SSSR count). The van der Waals surface area contributed by atoms with Gasteiger partial charge in [-0.25, -0.2) is 0 Å². The first kappa shape index (κ1) is 13.5. The lowest BCUT2D eigenvalue weighted by Crippen LogP contribution is -2.49. The predicted molar refractivity (Wildman–Crippen MR) is 67.3 cm³/mol. The zero-order chi connectivity index (χ0) is 12.3. The van der Waals surface area contributed by atoms with Gasteiger partial charge in [-0.05, 0) is 60.5 Å². The van der Waals surface area contributed by atoms with Crippen molar-refractivity contribution in [1.29, 1.82) is 0 Å². The molecule has 0 aromatic rings. The second-order valence-electron chi connectivity index (χ2n) is 6.10. The van der Waals surface area contributed by atoms with Crippen LogP contribution in [0.4, 0.5) is 0 Å². The Labute approximate surface area is 99.6 Å². The minimum atomic E-state index is 0.223. The smallest absolute Gasteiger partial charge is 0.223 e. The maximum Gasteiger partial charge on any atom is 0.223 e. The summed E-state index contributed by atoms with van der Waals surface area (Å²) in [7, 11) is 0. The van der Waals surface area contributed by atoms with Gasteiger partial charge in [0.05, 0.1) is 0 Å². The van der Waals surface area contributed by atoms with Crippen LogP contribution >= 0.6 is 0 Å². The van der Waals surface area contributed by atoms with Gasteiger partial charge < -0.3 is 5.32 Å². The first-order valence-corrected chi connectivity index (χ1v) is 6.36. The summed E-state index contributed by atoms with van der Waals surface area (Å²) in [5.74, 6) is 0.463. The number of carbonyl (C=O) groups excluding carboxylic acids is 1. The topological polar surface area (TPSA) is 32.3 Å². The molecule has 1 fully saturated rings. The Morgan fingerprint density at radius 1 is 1.25 bits per heavy atom. The molecule has 0 aliphatic carbocycles. The molecule has 0 radical (unpaired) electrons. The quantitative estimate of drug-likeness (QED) is 0.781. The average molecular weight is 226 g/mol. The minimum absolute atomic E-state index is 0.223. The van der Waals surface area contributed by atoms with Crippen molar-refractivity contribution in [1.82, 2.24) is 10.2 Å². The number of rotatable bonds is 2. The van der Waals surface area contributed by atoms with Crippen molar-refractivity contribution in [3.05, 3.63) is 0 Å². The largest absolute Gasteiger partial charge is 0.354 e. The number of amides is 1. The summed E-state index contributed by atoms with van der Waals surface area (Å²) in [6, 6.07) is 0.258. The molecular weight excluding hydrogens is 200 g/mol. The molecule has 1 N–H and O–H groups in total. The highest BCUT2D eigenvalue weighted by Crippen LogP contribution is 2.23. The van der Waals surface area contributed by atoms with Crippen LogP contribution in [-0.4, -0.2) is 35.5 Å². The summed E-state index contributed by atoms with van der Waals surface area (Å²) in [6.45, 7) is 12.8. The maximum absolute atomic E-state index is 11.8. The number of piperidine rings is 1. The molecule has 0 saturated carbocycles. The zero-order valence-corrected chi connectivity index (χ0v) is 11.3. The van der Waals surface area contributed by atoms with E-state index in [0.717, 1.165) is 25.9 Å². The van der Waals surface area contributed by atoms with Gasteiger partial charge in [0.25, 0.3) is 0 Å². The van der Waals surface area contributed by atoms with Gasteiger partial charge in [0.1, 0.15) is 0 Å². The van der Waals surface area contributed by atoms with E-state index in [1.54, 1.807) is 0 Å². The fraction of sp³-hybridized carbons (Fsp3) is 0.923. The van der Waals surface area contributed by atoms with Gasteiger partial charge in [-0.3, -0.25) is 9.69 Å². The van der Waals surface area contributed by atoms with Crippen molar-refractivity contribution in [2.24, 2.45) is 5.92 Å². The molecule has 1 aliphatic heterocycles. The van der Waals surface area contributed by atoms with E-state index in [9.17, 15) is 4.79 Å². The van der Waals surface area contributed by atoms with Crippen LogP contribution < -0.4 is 5.32 Å². The van der Waals surface area contributed by atoms with Crippen molar-refractivity contribution in [3.63, 3.8) is 0 Å². The van der Waals surface area contributed by atoms with E-state index in [1.807, 2.05) is 13.8 Å². The molecule has 1 amide bonds. The van der Waals surface area contributed by atoms with Crippen LogP contribution in [-0.2, 0) is 4.79 Å². The number of nitrogens with zero attached hydrogens (tertiary/aromatic N) is 1. The predicted octanol–water partition coefficient (Wildman–Crippen LogP) is 2.02. The molecule has 94 valence electrons. The van der Waals surface area contributed by atoms with E-state index in [0.29, 0.717) is 0 Å². The molecule has 0 aromatic heterocycles. The van der Waals surface area contributed by atoms with Crippen LogP contribution in [0.1, 0.15) is 47.5 Å². The number of hydrogen-bond donors (Lipinski definition) is 1. The fourth-order valence-corrected chi connectivity index (χ4v) is 2.21. The summed E-state index contributed by atoms with van der Waals surface area (Å²) in [5, 5.41) is 3.01. The lowest BCUT2D eigenvalue weighted by Gasteiger charge is -2.40. The second-order valence-corrected chi connectivity index (χ2v) is 6.10. The molecule has 0 spiro atoms. The van der Waals surface area contributed by atoms with Crippen LogP contribution in [0.15, 0.2) is 0 Å². The van der Waals surface area contributed by atoms with Gasteiger partial charge in [-0.15, -0.1) is 0 Å². The van der Waals surface area contributed by atoms with Crippen LogP contribution in [0.2, 0.25) is 0 Å². The van der Waals surface area contributed by atoms with Crippen LogP contribution in [0, 0.1) is 5.92 Å². The van der Waals surface area contributed by atoms with E-state index < -0.39 is 0 Å². The fourth-order valence-electron chi connectivity index (χ4n) is 2.21. The Balaban J connectivity index is 2.40. The summed E-state index contributed by atoms with van der Waals surface area (Å²) in [6.07, 6.45) is 1.99.